The zero-order valence-corrected chi connectivity index (χ0v) is 9.93. The highest BCUT2D eigenvalue weighted by atomic mass is 16.4. The summed E-state index contributed by atoms with van der Waals surface area (Å²) in [6.45, 7) is 0. The van der Waals surface area contributed by atoms with Crippen molar-refractivity contribution in [2.45, 2.75) is 32.1 Å². The van der Waals surface area contributed by atoms with Crippen LogP contribution >= 0.6 is 0 Å². The molecule has 1 N–H and O–H groups in total. The molecule has 1 spiro atoms. The van der Waals surface area contributed by atoms with E-state index < -0.39 is 5.97 Å². The van der Waals surface area contributed by atoms with Gasteiger partial charge in [-0.15, -0.1) is 0 Å². The quantitative estimate of drug-likeness (QED) is 0.790. The Bertz CT molecular complexity index is 430. The van der Waals surface area contributed by atoms with Crippen molar-refractivity contribution in [2.75, 3.05) is 0 Å². The molecule has 2 nitrogen and oxygen atoms in total. The Kier molecular flexibility index (Phi) is 2.46. The Labute approximate surface area is 102 Å². The second-order valence-corrected chi connectivity index (χ2v) is 5.49. The van der Waals surface area contributed by atoms with Crippen LogP contribution < -0.4 is 0 Å². The minimum atomic E-state index is -0.692. The molecule has 2 heteroatoms. The third-order valence-corrected chi connectivity index (χ3v) is 4.61. The van der Waals surface area contributed by atoms with Crippen molar-refractivity contribution in [2.24, 2.45) is 17.3 Å². The highest BCUT2D eigenvalue weighted by Gasteiger charge is 2.60. The van der Waals surface area contributed by atoms with Gasteiger partial charge in [0.25, 0.3) is 0 Å². The summed E-state index contributed by atoms with van der Waals surface area (Å²) >= 11 is 0. The van der Waals surface area contributed by atoms with Crippen molar-refractivity contribution in [3.05, 3.63) is 36.0 Å². The summed E-state index contributed by atoms with van der Waals surface area (Å²) in [5.74, 6) is 0.426. The standard InChI is InChI=1S/C15H18O2/c16-14(17)12-8-4-5-9-15(12)10-13(15)11-6-2-1-3-7-11/h1-3,6,8,11,13H,4-5,7,9-10H2,(H,16,17). The summed E-state index contributed by atoms with van der Waals surface area (Å²) in [5, 5.41) is 9.33. The van der Waals surface area contributed by atoms with Gasteiger partial charge in [-0.05, 0) is 43.9 Å². The second kappa shape index (κ2) is 3.86. The molecular weight excluding hydrogens is 212 g/mol. The first-order valence-electron chi connectivity index (χ1n) is 6.51. The van der Waals surface area contributed by atoms with Gasteiger partial charge in [0.2, 0.25) is 0 Å². The molecule has 1 fully saturated rings. The van der Waals surface area contributed by atoms with Gasteiger partial charge >= 0.3 is 5.97 Å². The van der Waals surface area contributed by atoms with E-state index in [9.17, 15) is 9.90 Å². The summed E-state index contributed by atoms with van der Waals surface area (Å²) in [7, 11) is 0. The van der Waals surface area contributed by atoms with Crippen molar-refractivity contribution < 1.29 is 9.90 Å². The van der Waals surface area contributed by atoms with Gasteiger partial charge in [0.1, 0.15) is 0 Å². The molecule has 3 aliphatic carbocycles. The molecule has 90 valence electrons. The van der Waals surface area contributed by atoms with E-state index >= 15 is 0 Å². The summed E-state index contributed by atoms with van der Waals surface area (Å²) in [4.78, 5) is 11.3. The number of carbonyl (C=O) groups is 1. The predicted molar refractivity (Wildman–Crippen MR) is 66.5 cm³/mol. The molecule has 3 rings (SSSR count). The lowest BCUT2D eigenvalue weighted by molar-refractivity contribution is -0.133. The molecule has 0 bridgehead atoms. The maximum Gasteiger partial charge on any atom is 0.331 e. The van der Waals surface area contributed by atoms with Gasteiger partial charge in [0.15, 0.2) is 0 Å². The van der Waals surface area contributed by atoms with Gasteiger partial charge in [-0.2, -0.15) is 0 Å². The number of carboxylic acids is 1. The number of rotatable bonds is 2. The summed E-state index contributed by atoms with van der Waals surface area (Å²) in [5.41, 5.74) is 0.723. The average Bonchev–Trinajstić information content (AvgIpc) is 3.05. The molecule has 3 aliphatic rings. The van der Waals surface area contributed by atoms with Gasteiger partial charge in [0, 0.05) is 11.0 Å². The van der Waals surface area contributed by atoms with Crippen LogP contribution in [0.15, 0.2) is 36.0 Å². The normalized spacial score (nSPS) is 39.2. The first-order valence-corrected chi connectivity index (χ1v) is 6.51. The monoisotopic (exact) mass is 230 g/mol. The number of carboxylic acid groups (broad SMARTS) is 1. The minimum absolute atomic E-state index is 0.0181. The summed E-state index contributed by atoms with van der Waals surface area (Å²) in [6, 6.07) is 0. The predicted octanol–water partition coefficient (Wildman–Crippen LogP) is 3.32. The molecule has 0 aromatic carbocycles. The van der Waals surface area contributed by atoms with Crippen LogP contribution in [-0.2, 0) is 4.79 Å². The van der Waals surface area contributed by atoms with Crippen LogP contribution in [0.25, 0.3) is 0 Å². The molecule has 0 radical (unpaired) electrons. The van der Waals surface area contributed by atoms with Crippen LogP contribution in [0, 0.1) is 17.3 Å². The Morgan fingerprint density at radius 1 is 1.41 bits per heavy atom. The number of hydrogen-bond donors (Lipinski definition) is 1. The molecule has 3 unspecified atom stereocenters. The van der Waals surface area contributed by atoms with Gasteiger partial charge in [-0.3, -0.25) is 0 Å². The molecule has 0 aromatic heterocycles. The van der Waals surface area contributed by atoms with Crippen LogP contribution in [0.5, 0.6) is 0 Å². The van der Waals surface area contributed by atoms with Crippen LogP contribution in [0.2, 0.25) is 0 Å². The average molecular weight is 230 g/mol. The summed E-state index contributed by atoms with van der Waals surface area (Å²) in [6.07, 6.45) is 15.9. The van der Waals surface area contributed by atoms with Crippen LogP contribution in [0.1, 0.15) is 32.1 Å². The lowest BCUT2D eigenvalue weighted by atomic mass is 9.79. The molecular formula is C15H18O2. The first-order chi connectivity index (χ1) is 8.24. The van der Waals surface area contributed by atoms with Crippen molar-refractivity contribution in [3.8, 4) is 0 Å². The Morgan fingerprint density at radius 3 is 3.00 bits per heavy atom. The molecule has 0 aliphatic heterocycles. The van der Waals surface area contributed by atoms with E-state index in [1.54, 1.807) is 0 Å². The maximum atomic E-state index is 11.3. The van der Waals surface area contributed by atoms with E-state index in [-0.39, 0.29) is 5.41 Å². The van der Waals surface area contributed by atoms with E-state index in [2.05, 4.69) is 24.3 Å². The molecule has 0 amide bonds. The highest BCUT2D eigenvalue weighted by molar-refractivity contribution is 5.89. The van der Waals surface area contributed by atoms with E-state index in [0.29, 0.717) is 17.4 Å². The van der Waals surface area contributed by atoms with Crippen molar-refractivity contribution in [1.29, 1.82) is 0 Å². The molecule has 17 heavy (non-hydrogen) atoms. The second-order valence-electron chi connectivity index (χ2n) is 5.49. The van der Waals surface area contributed by atoms with Crippen LogP contribution in [-0.4, -0.2) is 11.1 Å². The zero-order valence-electron chi connectivity index (χ0n) is 9.93. The van der Waals surface area contributed by atoms with Crippen molar-refractivity contribution in [1.82, 2.24) is 0 Å². The summed E-state index contributed by atoms with van der Waals surface area (Å²) < 4.78 is 0. The fourth-order valence-corrected chi connectivity index (χ4v) is 3.69. The van der Waals surface area contributed by atoms with Gasteiger partial charge in [0.05, 0.1) is 0 Å². The molecule has 1 saturated carbocycles. The van der Waals surface area contributed by atoms with Gasteiger partial charge in [-0.1, -0.05) is 30.4 Å². The smallest absolute Gasteiger partial charge is 0.331 e. The van der Waals surface area contributed by atoms with E-state index in [1.807, 2.05) is 6.08 Å². The highest BCUT2D eigenvalue weighted by Crippen LogP contribution is 2.66. The first kappa shape index (κ1) is 10.8. The zero-order chi connectivity index (χ0) is 11.9. The Hall–Kier alpha value is -1.31. The largest absolute Gasteiger partial charge is 0.478 e. The van der Waals surface area contributed by atoms with Gasteiger partial charge in [-0.25, -0.2) is 4.79 Å². The van der Waals surface area contributed by atoms with Crippen molar-refractivity contribution in [3.63, 3.8) is 0 Å². The molecule has 0 aromatic rings. The van der Waals surface area contributed by atoms with E-state index in [4.69, 9.17) is 0 Å². The lowest BCUT2D eigenvalue weighted by Crippen LogP contribution is -2.21. The molecule has 0 saturated heterocycles. The van der Waals surface area contributed by atoms with Crippen LogP contribution in [0.4, 0.5) is 0 Å². The number of allylic oxidation sites excluding steroid dienone is 5. The third-order valence-electron chi connectivity index (χ3n) is 4.61. The minimum Gasteiger partial charge on any atom is -0.478 e. The Balaban J connectivity index is 1.82. The Morgan fingerprint density at radius 2 is 2.29 bits per heavy atom. The van der Waals surface area contributed by atoms with E-state index in [0.717, 1.165) is 32.1 Å². The van der Waals surface area contributed by atoms with Crippen LogP contribution in [0.3, 0.4) is 0 Å². The topological polar surface area (TPSA) is 37.3 Å². The maximum absolute atomic E-state index is 11.3. The fourth-order valence-electron chi connectivity index (χ4n) is 3.69. The van der Waals surface area contributed by atoms with Crippen molar-refractivity contribution >= 4 is 5.97 Å². The molecule has 3 atom stereocenters. The number of hydrogen-bond acceptors (Lipinski definition) is 1. The SMILES string of the molecule is O=C(O)C1=CCCCC12CC2C1C=CC=CC1. The number of aliphatic carboxylic acids is 1. The third kappa shape index (κ3) is 1.67. The molecule has 0 heterocycles. The fraction of sp³-hybridized carbons (Fsp3) is 0.533. The lowest BCUT2D eigenvalue weighted by Gasteiger charge is -2.25. The van der Waals surface area contributed by atoms with E-state index in [1.165, 1.54) is 0 Å². The van der Waals surface area contributed by atoms with Gasteiger partial charge < -0.3 is 5.11 Å².